The van der Waals surface area contributed by atoms with Gasteiger partial charge in [-0.2, -0.15) is 5.26 Å². The van der Waals surface area contributed by atoms with Crippen LogP contribution in [0, 0.1) is 23.2 Å². The third kappa shape index (κ3) is 3.24. The van der Waals surface area contributed by atoms with E-state index in [2.05, 4.69) is 23.2 Å². The van der Waals surface area contributed by atoms with Crippen LogP contribution in [0.15, 0.2) is 42.5 Å². The second kappa shape index (κ2) is 7.04. The van der Waals surface area contributed by atoms with Crippen molar-refractivity contribution in [1.82, 2.24) is 4.57 Å². The number of fused-ring (bicyclic) bond motifs is 1. The van der Waals surface area contributed by atoms with Crippen molar-refractivity contribution < 1.29 is 9.53 Å². The molecule has 5 heteroatoms. The number of ether oxygens (including phenoxy) is 1. The first-order chi connectivity index (χ1) is 12.5. The molecule has 128 valence electrons. The standard InChI is InChI=1S/C21H17N3O2/c1-14(25)23-16-7-4-15(5-8-16)6-11-20-19(13-22)18-10-9-17(26-3)12-21(18)24(20)2/h4-5,7-10,12H,1-3H3,(H,23,25). The topological polar surface area (TPSA) is 67.0 Å². The lowest BCUT2D eigenvalue weighted by Crippen LogP contribution is -2.05. The fraction of sp³-hybridized carbons (Fsp3) is 0.143. The van der Waals surface area contributed by atoms with E-state index in [-0.39, 0.29) is 5.91 Å². The molecule has 0 aliphatic carbocycles. The zero-order valence-electron chi connectivity index (χ0n) is 14.8. The number of rotatable bonds is 2. The Morgan fingerprint density at radius 1 is 1.15 bits per heavy atom. The predicted octanol–water partition coefficient (Wildman–Crippen LogP) is 3.42. The van der Waals surface area contributed by atoms with E-state index in [0.717, 1.165) is 27.9 Å². The molecule has 0 bridgehead atoms. The van der Waals surface area contributed by atoms with Gasteiger partial charge in [-0.1, -0.05) is 5.92 Å². The summed E-state index contributed by atoms with van der Waals surface area (Å²) >= 11 is 0. The number of hydrogen-bond acceptors (Lipinski definition) is 3. The molecule has 0 aliphatic rings. The molecule has 0 spiro atoms. The number of anilines is 1. The maximum atomic E-state index is 11.1. The summed E-state index contributed by atoms with van der Waals surface area (Å²) in [6.07, 6.45) is 0. The van der Waals surface area contributed by atoms with Gasteiger partial charge in [0.05, 0.1) is 18.2 Å². The molecule has 0 atom stereocenters. The van der Waals surface area contributed by atoms with Gasteiger partial charge in [-0.25, -0.2) is 0 Å². The average molecular weight is 343 g/mol. The number of nitriles is 1. The number of carbonyl (C=O) groups is 1. The van der Waals surface area contributed by atoms with Gasteiger partial charge in [-0.3, -0.25) is 4.79 Å². The highest BCUT2D eigenvalue weighted by Crippen LogP contribution is 2.27. The quantitative estimate of drug-likeness (QED) is 0.725. The number of benzene rings is 2. The molecule has 3 aromatic rings. The van der Waals surface area contributed by atoms with E-state index in [1.54, 1.807) is 19.2 Å². The van der Waals surface area contributed by atoms with Crippen LogP contribution in [-0.2, 0) is 11.8 Å². The molecule has 1 N–H and O–H groups in total. The number of nitrogens with one attached hydrogen (secondary N) is 1. The zero-order chi connectivity index (χ0) is 18.7. The second-order valence-electron chi connectivity index (χ2n) is 5.79. The number of methoxy groups -OCH3 is 1. The van der Waals surface area contributed by atoms with E-state index in [0.29, 0.717) is 11.3 Å². The number of amides is 1. The monoisotopic (exact) mass is 343 g/mol. The van der Waals surface area contributed by atoms with Crippen LogP contribution in [0.25, 0.3) is 10.9 Å². The lowest BCUT2D eigenvalue weighted by Gasteiger charge is -2.01. The van der Waals surface area contributed by atoms with Crippen molar-refractivity contribution in [2.24, 2.45) is 7.05 Å². The summed E-state index contributed by atoms with van der Waals surface area (Å²) < 4.78 is 7.16. The van der Waals surface area contributed by atoms with Gasteiger partial charge in [-0.15, -0.1) is 0 Å². The minimum atomic E-state index is -0.117. The Morgan fingerprint density at radius 2 is 1.88 bits per heavy atom. The minimum Gasteiger partial charge on any atom is -0.497 e. The molecule has 5 nitrogen and oxygen atoms in total. The molecule has 0 radical (unpaired) electrons. The zero-order valence-corrected chi connectivity index (χ0v) is 14.8. The van der Waals surface area contributed by atoms with Crippen molar-refractivity contribution in [3.63, 3.8) is 0 Å². The highest BCUT2D eigenvalue weighted by Gasteiger charge is 2.14. The number of carbonyl (C=O) groups excluding carboxylic acids is 1. The highest BCUT2D eigenvalue weighted by atomic mass is 16.5. The van der Waals surface area contributed by atoms with E-state index < -0.39 is 0 Å². The minimum absolute atomic E-state index is 0.117. The van der Waals surface area contributed by atoms with Gasteiger partial charge in [0.2, 0.25) is 5.91 Å². The summed E-state index contributed by atoms with van der Waals surface area (Å²) in [6, 6.07) is 15.1. The number of nitrogens with zero attached hydrogens (tertiary/aromatic N) is 2. The second-order valence-corrected chi connectivity index (χ2v) is 5.79. The fourth-order valence-electron chi connectivity index (χ4n) is 2.77. The lowest BCUT2D eigenvalue weighted by molar-refractivity contribution is -0.114. The van der Waals surface area contributed by atoms with Crippen molar-refractivity contribution in [3.8, 4) is 23.7 Å². The van der Waals surface area contributed by atoms with Gasteiger partial charge in [0.25, 0.3) is 0 Å². The van der Waals surface area contributed by atoms with Gasteiger partial charge in [-0.05, 0) is 42.3 Å². The van der Waals surface area contributed by atoms with E-state index in [4.69, 9.17) is 4.74 Å². The van der Waals surface area contributed by atoms with Crippen LogP contribution in [0.4, 0.5) is 5.69 Å². The Morgan fingerprint density at radius 3 is 2.50 bits per heavy atom. The Kier molecular flexibility index (Phi) is 4.64. The van der Waals surface area contributed by atoms with Crippen LogP contribution in [0.1, 0.15) is 23.7 Å². The predicted molar refractivity (Wildman–Crippen MR) is 101 cm³/mol. The van der Waals surface area contributed by atoms with Crippen molar-refractivity contribution >= 4 is 22.5 Å². The van der Waals surface area contributed by atoms with Crippen molar-refractivity contribution in [1.29, 1.82) is 5.26 Å². The fourth-order valence-corrected chi connectivity index (χ4v) is 2.77. The molecule has 1 amide bonds. The first-order valence-electron chi connectivity index (χ1n) is 7.99. The first-order valence-corrected chi connectivity index (χ1v) is 7.99. The molecule has 0 saturated carbocycles. The summed E-state index contributed by atoms with van der Waals surface area (Å²) in [6.45, 7) is 1.46. The third-order valence-corrected chi connectivity index (χ3v) is 4.05. The molecule has 3 rings (SSSR count). The van der Waals surface area contributed by atoms with E-state index in [9.17, 15) is 10.1 Å². The average Bonchev–Trinajstić information content (AvgIpc) is 2.91. The molecule has 1 aromatic heterocycles. The normalized spacial score (nSPS) is 9.92. The Labute approximate surface area is 151 Å². The molecule has 0 unspecified atom stereocenters. The van der Waals surface area contributed by atoms with Crippen molar-refractivity contribution in [2.75, 3.05) is 12.4 Å². The summed E-state index contributed by atoms with van der Waals surface area (Å²) in [7, 11) is 3.49. The van der Waals surface area contributed by atoms with Gasteiger partial charge in [0, 0.05) is 36.7 Å². The van der Waals surface area contributed by atoms with Crippen LogP contribution >= 0.6 is 0 Å². The highest BCUT2D eigenvalue weighted by molar-refractivity contribution is 5.90. The summed E-state index contributed by atoms with van der Waals surface area (Å²) in [5.74, 6) is 6.79. The molecule has 2 aromatic carbocycles. The first kappa shape index (κ1) is 17.1. The summed E-state index contributed by atoms with van der Waals surface area (Å²) in [5, 5.41) is 13.1. The molecule has 1 heterocycles. The van der Waals surface area contributed by atoms with E-state index in [1.807, 2.05) is 41.9 Å². The Bertz CT molecular complexity index is 1090. The molecular weight excluding hydrogens is 326 g/mol. The maximum Gasteiger partial charge on any atom is 0.221 e. The van der Waals surface area contributed by atoms with E-state index in [1.165, 1.54) is 6.92 Å². The Hall–Kier alpha value is -3.70. The SMILES string of the molecule is COc1ccc2c(C#N)c(C#Cc3ccc(NC(C)=O)cc3)n(C)c2c1. The van der Waals surface area contributed by atoms with Crippen LogP contribution in [-0.4, -0.2) is 17.6 Å². The van der Waals surface area contributed by atoms with Crippen LogP contribution in [0.5, 0.6) is 5.75 Å². The van der Waals surface area contributed by atoms with E-state index >= 15 is 0 Å². The summed E-state index contributed by atoms with van der Waals surface area (Å²) in [5.41, 5.74) is 3.61. The maximum absolute atomic E-state index is 11.1. The number of aryl methyl sites for hydroxylation is 1. The molecule has 26 heavy (non-hydrogen) atoms. The third-order valence-electron chi connectivity index (χ3n) is 4.05. The van der Waals surface area contributed by atoms with Crippen molar-refractivity contribution in [2.45, 2.75) is 6.92 Å². The number of hydrogen-bond donors (Lipinski definition) is 1. The molecule has 0 saturated heterocycles. The van der Waals surface area contributed by atoms with Gasteiger partial charge in [0.1, 0.15) is 17.5 Å². The van der Waals surface area contributed by atoms with Gasteiger partial charge in [0.15, 0.2) is 0 Å². The van der Waals surface area contributed by atoms with Crippen LogP contribution in [0.2, 0.25) is 0 Å². The van der Waals surface area contributed by atoms with Crippen LogP contribution < -0.4 is 10.1 Å². The van der Waals surface area contributed by atoms with Gasteiger partial charge < -0.3 is 14.6 Å². The molecule has 0 fully saturated rings. The van der Waals surface area contributed by atoms with Gasteiger partial charge >= 0.3 is 0 Å². The van der Waals surface area contributed by atoms with Crippen molar-refractivity contribution in [3.05, 3.63) is 59.3 Å². The Balaban J connectivity index is 2.02. The largest absolute Gasteiger partial charge is 0.497 e. The molecule has 0 aliphatic heterocycles. The number of aromatic nitrogens is 1. The van der Waals surface area contributed by atoms with Crippen LogP contribution in [0.3, 0.4) is 0 Å². The molecular formula is C21H17N3O2. The summed E-state index contributed by atoms with van der Waals surface area (Å²) in [4.78, 5) is 11.1. The lowest BCUT2D eigenvalue weighted by atomic mass is 10.1. The smallest absolute Gasteiger partial charge is 0.221 e.